The number of aromatic nitrogens is 3. The van der Waals surface area contributed by atoms with E-state index in [2.05, 4.69) is 35.3 Å². The van der Waals surface area contributed by atoms with Crippen LogP contribution >= 0.6 is 0 Å². The lowest BCUT2D eigenvalue weighted by atomic mass is 10.0. The predicted octanol–water partition coefficient (Wildman–Crippen LogP) is 2.50. The van der Waals surface area contributed by atoms with E-state index in [4.69, 9.17) is 5.73 Å². The van der Waals surface area contributed by atoms with E-state index in [1.54, 1.807) is 12.4 Å². The molecule has 0 aliphatic rings. The van der Waals surface area contributed by atoms with E-state index in [9.17, 15) is 0 Å². The van der Waals surface area contributed by atoms with Gasteiger partial charge in [-0.3, -0.25) is 4.98 Å². The van der Waals surface area contributed by atoms with E-state index in [1.807, 2.05) is 6.07 Å². The van der Waals surface area contributed by atoms with Gasteiger partial charge in [0.05, 0.1) is 17.8 Å². The molecule has 2 heterocycles. The van der Waals surface area contributed by atoms with Crippen molar-refractivity contribution in [2.45, 2.75) is 39.8 Å². The van der Waals surface area contributed by atoms with Crippen LogP contribution in [0.1, 0.15) is 39.1 Å². The Kier molecular flexibility index (Phi) is 3.43. The van der Waals surface area contributed by atoms with Crippen molar-refractivity contribution < 1.29 is 0 Å². The number of pyridine rings is 1. The van der Waals surface area contributed by atoms with Crippen LogP contribution in [-0.4, -0.2) is 14.5 Å². The number of rotatable bonds is 4. The van der Waals surface area contributed by atoms with E-state index < -0.39 is 0 Å². The van der Waals surface area contributed by atoms with Gasteiger partial charge in [0, 0.05) is 12.7 Å². The molecule has 0 aliphatic heterocycles. The van der Waals surface area contributed by atoms with Crippen molar-refractivity contribution in [2.75, 3.05) is 0 Å². The van der Waals surface area contributed by atoms with Crippen molar-refractivity contribution in [3.05, 3.63) is 24.3 Å². The fourth-order valence-corrected chi connectivity index (χ4v) is 2.23. The van der Waals surface area contributed by atoms with Crippen molar-refractivity contribution in [3.63, 3.8) is 0 Å². The minimum absolute atomic E-state index is 0.00218. The zero-order valence-electron chi connectivity index (χ0n) is 10.7. The van der Waals surface area contributed by atoms with Crippen LogP contribution in [0.3, 0.4) is 0 Å². The normalized spacial score (nSPS) is 13.5. The summed E-state index contributed by atoms with van der Waals surface area (Å²) in [6.45, 7) is 7.37. The van der Waals surface area contributed by atoms with E-state index in [1.165, 1.54) is 0 Å². The Morgan fingerprint density at radius 3 is 2.82 bits per heavy atom. The molecule has 2 rings (SSSR count). The average Bonchev–Trinajstić information content (AvgIpc) is 2.66. The monoisotopic (exact) mass is 232 g/mol. The summed E-state index contributed by atoms with van der Waals surface area (Å²) in [4.78, 5) is 8.72. The molecule has 17 heavy (non-hydrogen) atoms. The molecule has 0 saturated carbocycles. The molecule has 0 aromatic carbocycles. The van der Waals surface area contributed by atoms with Gasteiger partial charge in [-0.05, 0) is 25.3 Å². The average molecular weight is 232 g/mol. The fourth-order valence-electron chi connectivity index (χ4n) is 2.23. The van der Waals surface area contributed by atoms with Crippen LogP contribution in [0.4, 0.5) is 0 Å². The molecule has 0 saturated heterocycles. The number of nitrogens with two attached hydrogens (primary N) is 1. The lowest BCUT2D eigenvalue weighted by Crippen LogP contribution is -2.18. The highest BCUT2D eigenvalue weighted by atomic mass is 15.1. The summed E-state index contributed by atoms with van der Waals surface area (Å²) < 4.78 is 2.18. The lowest BCUT2D eigenvalue weighted by molar-refractivity contribution is 0.479. The number of aryl methyl sites for hydroxylation is 1. The fraction of sp³-hybridized carbons (Fsp3) is 0.538. The first-order chi connectivity index (χ1) is 8.13. The molecular formula is C13H20N4. The maximum atomic E-state index is 6.23. The zero-order chi connectivity index (χ0) is 12.4. The van der Waals surface area contributed by atoms with Crippen LogP contribution in [0.5, 0.6) is 0 Å². The SMILES string of the molecule is CCn1c(C(N)CC(C)C)nc2cnccc21. The largest absolute Gasteiger partial charge is 0.327 e. The highest BCUT2D eigenvalue weighted by Gasteiger charge is 2.16. The molecule has 0 aliphatic carbocycles. The van der Waals surface area contributed by atoms with Crippen molar-refractivity contribution in [1.82, 2.24) is 14.5 Å². The molecule has 1 unspecified atom stereocenters. The second kappa shape index (κ2) is 4.84. The third-order valence-electron chi connectivity index (χ3n) is 2.95. The number of hydrogen-bond acceptors (Lipinski definition) is 3. The Hall–Kier alpha value is -1.42. The molecule has 4 nitrogen and oxygen atoms in total. The predicted molar refractivity (Wildman–Crippen MR) is 69.6 cm³/mol. The van der Waals surface area contributed by atoms with Gasteiger partial charge in [-0.1, -0.05) is 13.8 Å². The maximum Gasteiger partial charge on any atom is 0.126 e. The van der Waals surface area contributed by atoms with Gasteiger partial charge < -0.3 is 10.3 Å². The maximum absolute atomic E-state index is 6.23. The molecule has 92 valence electrons. The number of imidazole rings is 1. The van der Waals surface area contributed by atoms with Crippen LogP contribution in [0, 0.1) is 5.92 Å². The van der Waals surface area contributed by atoms with Crippen LogP contribution in [0.2, 0.25) is 0 Å². The molecule has 0 bridgehead atoms. The lowest BCUT2D eigenvalue weighted by Gasteiger charge is -2.15. The second-order valence-corrected chi connectivity index (χ2v) is 4.81. The summed E-state index contributed by atoms with van der Waals surface area (Å²) in [5.74, 6) is 1.55. The van der Waals surface area contributed by atoms with Gasteiger partial charge >= 0.3 is 0 Å². The van der Waals surface area contributed by atoms with Crippen molar-refractivity contribution >= 4 is 11.0 Å². The Morgan fingerprint density at radius 1 is 1.41 bits per heavy atom. The Morgan fingerprint density at radius 2 is 2.18 bits per heavy atom. The highest BCUT2D eigenvalue weighted by Crippen LogP contribution is 2.22. The van der Waals surface area contributed by atoms with E-state index in [0.29, 0.717) is 5.92 Å². The molecule has 2 aromatic heterocycles. The van der Waals surface area contributed by atoms with Gasteiger partial charge in [-0.25, -0.2) is 4.98 Å². The van der Waals surface area contributed by atoms with Gasteiger partial charge in [0.2, 0.25) is 0 Å². The molecule has 0 amide bonds. The minimum atomic E-state index is 0.00218. The Bertz CT molecular complexity index is 501. The second-order valence-electron chi connectivity index (χ2n) is 4.81. The van der Waals surface area contributed by atoms with Gasteiger partial charge in [-0.15, -0.1) is 0 Å². The van der Waals surface area contributed by atoms with Crippen molar-refractivity contribution in [2.24, 2.45) is 11.7 Å². The Balaban J connectivity index is 2.45. The van der Waals surface area contributed by atoms with E-state index in [0.717, 1.165) is 29.8 Å². The van der Waals surface area contributed by atoms with Crippen LogP contribution in [0.15, 0.2) is 18.5 Å². The van der Waals surface area contributed by atoms with E-state index >= 15 is 0 Å². The summed E-state index contributed by atoms with van der Waals surface area (Å²) in [6, 6.07) is 2.00. The van der Waals surface area contributed by atoms with Gasteiger partial charge in [0.1, 0.15) is 11.3 Å². The molecule has 0 fully saturated rings. The van der Waals surface area contributed by atoms with Crippen LogP contribution < -0.4 is 5.73 Å². The molecule has 2 aromatic rings. The summed E-state index contributed by atoms with van der Waals surface area (Å²) in [7, 11) is 0. The summed E-state index contributed by atoms with van der Waals surface area (Å²) in [5.41, 5.74) is 8.29. The van der Waals surface area contributed by atoms with Crippen LogP contribution in [-0.2, 0) is 6.54 Å². The first-order valence-corrected chi connectivity index (χ1v) is 6.19. The first-order valence-electron chi connectivity index (χ1n) is 6.19. The molecule has 0 spiro atoms. The third-order valence-corrected chi connectivity index (χ3v) is 2.95. The molecular weight excluding hydrogens is 212 g/mol. The third kappa shape index (κ3) is 2.31. The summed E-state index contributed by atoms with van der Waals surface area (Å²) in [5, 5.41) is 0. The zero-order valence-corrected chi connectivity index (χ0v) is 10.7. The smallest absolute Gasteiger partial charge is 0.126 e. The Labute approximate surface area is 102 Å². The standard InChI is InChI=1S/C13H20N4/c1-4-17-12-5-6-15-8-11(12)16-13(17)10(14)7-9(2)3/h5-6,8-10H,4,7,14H2,1-3H3. The van der Waals surface area contributed by atoms with Gasteiger partial charge in [0.25, 0.3) is 0 Å². The minimum Gasteiger partial charge on any atom is -0.327 e. The quantitative estimate of drug-likeness (QED) is 0.881. The number of fused-ring (bicyclic) bond motifs is 1. The number of hydrogen-bond donors (Lipinski definition) is 1. The topological polar surface area (TPSA) is 56.7 Å². The van der Waals surface area contributed by atoms with Gasteiger partial charge in [-0.2, -0.15) is 0 Å². The number of nitrogens with zero attached hydrogens (tertiary/aromatic N) is 3. The van der Waals surface area contributed by atoms with Crippen LogP contribution in [0.25, 0.3) is 11.0 Å². The first kappa shape index (κ1) is 12.0. The van der Waals surface area contributed by atoms with Crippen molar-refractivity contribution in [3.8, 4) is 0 Å². The summed E-state index contributed by atoms with van der Waals surface area (Å²) >= 11 is 0. The van der Waals surface area contributed by atoms with E-state index in [-0.39, 0.29) is 6.04 Å². The molecule has 1 atom stereocenters. The van der Waals surface area contributed by atoms with Crippen molar-refractivity contribution in [1.29, 1.82) is 0 Å². The summed E-state index contributed by atoms with van der Waals surface area (Å²) in [6.07, 6.45) is 4.55. The molecule has 2 N–H and O–H groups in total. The van der Waals surface area contributed by atoms with Gasteiger partial charge in [0.15, 0.2) is 0 Å². The molecule has 0 radical (unpaired) electrons. The molecule has 4 heteroatoms. The highest BCUT2D eigenvalue weighted by molar-refractivity contribution is 5.74.